The molecule has 2 aliphatic heterocycles. The third-order valence-corrected chi connectivity index (χ3v) is 7.75. The summed E-state index contributed by atoms with van der Waals surface area (Å²) in [5.74, 6) is 1.53. The van der Waals surface area contributed by atoms with Crippen molar-refractivity contribution in [3.63, 3.8) is 0 Å². The summed E-state index contributed by atoms with van der Waals surface area (Å²) in [7, 11) is 0. The summed E-state index contributed by atoms with van der Waals surface area (Å²) < 4.78 is 0. The molecule has 2 saturated heterocycles. The number of likely N-dealkylation sites (tertiary alicyclic amines) is 2. The Morgan fingerprint density at radius 1 is 1.00 bits per heavy atom. The smallest absolute Gasteiger partial charge is 0.272 e. The van der Waals surface area contributed by atoms with Gasteiger partial charge in [0.2, 0.25) is 5.91 Å². The lowest BCUT2D eigenvalue weighted by molar-refractivity contribution is -0.140. The number of para-hydroxylation sites is 1. The largest absolute Gasteiger partial charge is 0.339 e. The lowest BCUT2D eigenvalue weighted by atomic mass is 9.82. The minimum atomic E-state index is 0.0230. The highest BCUT2D eigenvalue weighted by molar-refractivity contribution is 5.95. The van der Waals surface area contributed by atoms with Gasteiger partial charge in [0.1, 0.15) is 5.69 Å². The lowest BCUT2D eigenvalue weighted by Gasteiger charge is -2.47. The first-order chi connectivity index (χ1) is 15.2. The normalized spacial score (nSPS) is 25.0. The highest BCUT2D eigenvalue weighted by Crippen LogP contribution is 2.33. The van der Waals surface area contributed by atoms with E-state index in [2.05, 4.69) is 9.88 Å². The number of carbonyl (C=O) groups excluding carboxylic acids is 2. The number of hydrogen-bond donors (Lipinski definition) is 0. The van der Waals surface area contributed by atoms with Crippen molar-refractivity contribution in [1.82, 2.24) is 14.8 Å². The van der Waals surface area contributed by atoms with Gasteiger partial charge in [0.15, 0.2) is 0 Å². The summed E-state index contributed by atoms with van der Waals surface area (Å²) in [6, 6.07) is 12.0. The van der Waals surface area contributed by atoms with E-state index in [1.54, 1.807) is 0 Å². The molecule has 31 heavy (non-hydrogen) atoms. The van der Waals surface area contributed by atoms with Gasteiger partial charge >= 0.3 is 0 Å². The summed E-state index contributed by atoms with van der Waals surface area (Å²) in [6.07, 6.45) is 10.3. The van der Waals surface area contributed by atoms with Crippen molar-refractivity contribution < 1.29 is 9.59 Å². The lowest BCUT2D eigenvalue weighted by Crippen LogP contribution is -2.57. The molecule has 5 nitrogen and oxygen atoms in total. The number of piperidine rings is 2. The molecule has 3 fully saturated rings. The van der Waals surface area contributed by atoms with E-state index in [9.17, 15) is 9.59 Å². The number of amides is 2. The predicted molar refractivity (Wildman–Crippen MR) is 122 cm³/mol. The predicted octanol–water partition coefficient (Wildman–Crippen LogP) is 4.66. The second-order valence-electron chi connectivity index (χ2n) is 9.67. The number of carbonyl (C=O) groups is 2. The molecular formula is C26H33N3O2. The van der Waals surface area contributed by atoms with Gasteiger partial charge in [-0.25, -0.2) is 4.98 Å². The van der Waals surface area contributed by atoms with Gasteiger partial charge < -0.3 is 9.80 Å². The van der Waals surface area contributed by atoms with E-state index in [4.69, 9.17) is 0 Å². The first kappa shape index (κ1) is 20.5. The van der Waals surface area contributed by atoms with E-state index in [1.807, 2.05) is 41.3 Å². The van der Waals surface area contributed by atoms with Crippen molar-refractivity contribution >= 4 is 22.7 Å². The van der Waals surface area contributed by atoms with Crippen LogP contribution in [0.5, 0.6) is 0 Å². The summed E-state index contributed by atoms with van der Waals surface area (Å²) in [4.78, 5) is 34.6. The molecule has 1 saturated carbocycles. The van der Waals surface area contributed by atoms with Crippen LogP contribution in [0.2, 0.25) is 0 Å². The molecule has 1 aromatic heterocycles. The molecular weight excluding hydrogens is 386 g/mol. The first-order valence-electron chi connectivity index (χ1n) is 12.1. The number of rotatable bonds is 4. The minimum Gasteiger partial charge on any atom is -0.339 e. The number of pyridine rings is 1. The quantitative estimate of drug-likeness (QED) is 0.724. The van der Waals surface area contributed by atoms with Gasteiger partial charge in [-0.15, -0.1) is 0 Å². The zero-order chi connectivity index (χ0) is 21.2. The van der Waals surface area contributed by atoms with Gasteiger partial charge in [0.25, 0.3) is 5.91 Å². The van der Waals surface area contributed by atoms with Crippen LogP contribution in [0.1, 0.15) is 68.3 Å². The van der Waals surface area contributed by atoms with Gasteiger partial charge in [-0.05, 0) is 43.2 Å². The summed E-state index contributed by atoms with van der Waals surface area (Å²) in [5, 5.41) is 1.05. The third-order valence-electron chi connectivity index (χ3n) is 7.75. The van der Waals surface area contributed by atoms with Gasteiger partial charge in [-0.2, -0.15) is 0 Å². The molecule has 1 aromatic carbocycles. The van der Waals surface area contributed by atoms with E-state index in [0.717, 1.165) is 49.2 Å². The Balaban J connectivity index is 1.24. The van der Waals surface area contributed by atoms with Gasteiger partial charge in [0, 0.05) is 37.5 Å². The van der Waals surface area contributed by atoms with Crippen LogP contribution in [0, 0.1) is 11.8 Å². The summed E-state index contributed by atoms with van der Waals surface area (Å²) in [5.41, 5.74) is 1.39. The number of fused-ring (bicyclic) bond motifs is 2. The molecule has 2 aromatic rings. The van der Waals surface area contributed by atoms with Crippen molar-refractivity contribution in [2.75, 3.05) is 19.6 Å². The van der Waals surface area contributed by atoms with Crippen LogP contribution >= 0.6 is 0 Å². The minimum absolute atomic E-state index is 0.0230. The molecule has 164 valence electrons. The fourth-order valence-electron chi connectivity index (χ4n) is 5.97. The Morgan fingerprint density at radius 3 is 2.71 bits per heavy atom. The number of aromatic nitrogens is 1. The van der Waals surface area contributed by atoms with Gasteiger partial charge in [-0.1, -0.05) is 56.4 Å². The van der Waals surface area contributed by atoms with Crippen LogP contribution in [0.4, 0.5) is 0 Å². The zero-order valence-corrected chi connectivity index (χ0v) is 18.3. The molecule has 5 heteroatoms. The number of benzene rings is 1. The average molecular weight is 420 g/mol. The van der Waals surface area contributed by atoms with Crippen molar-refractivity contribution in [3.8, 4) is 0 Å². The van der Waals surface area contributed by atoms with Gasteiger partial charge in [0.05, 0.1) is 5.52 Å². The highest BCUT2D eigenvalue weighted by atomic mass is 16.2. The Bertz CT molecular complexity index is 953. The van der Waals surface area contributed by atoms with Crippen LogP contribution < -0.4 is 0 Å². The van der Waals surface area contributed by atoms with E-state index >= 15 is 0 Å². The second kappa shape index (κ2) is 8.97. The Hall–Kier alpha value is -2.43. The maximum atomic E-state index is 13.2. The molecule has 0 unspecified atom stereocenters. The van der Waals surface area contributed by atoms with Crippen LogP contribution in [0.25, 0.3) is 10.9 Å². The monoisotopic (exact) mass is 419 g/mol. The number of hydrogen-bond acceptors (Lipinski definition) is 3. The van der Waals surface area contributed by atoms with E-state index in [0.29, 0.717) is 36.5 Å². The third kappa shape index (κ3) is 4.32. The standard InChI is InChI=1S/C26H33N3O2/c30-25-13-11-21-18-28(26(31)23-12-10-20-8-4-5-9-22(20)27-23)16-15-24(21)29(25)17-14-19-6-2-1-3-7-19/h4-5,8-10,12,19,21,24H,1-3,6-7,11,13-18H2/t21-,24+/m1/s1. The molecule has 0 N–H and O–H groups in total. The molecule has 2 atom stereocenters. The summed E-state index contributed by atoms with van der Waals surface area (Å²) in [6.45, 7) is 2.36. The molecule has 0 radical (unpaired) electrons. The summed E-state index contributed by atoms with van der Waals surface area (Å²) >= 11 is 0. The molecule has 3 aliphatic rings. The number of nitrogens with zero attached hydrogens (tertiary/aromatic N) is 3. The van der Waals surface area contributed by atoms with E-state index in [1.165, 1.54) is 32.1 Å². The maximum Gasteiger partial charge on any atom is 0.272 e. The Morgan fingerprint density at radius 2 is 1.84 bits per heavy atom. The van der Waals surface area contributed by atoms with Crippen LogP contribution in [-0.4, -0.2) is 52.3 Å². The fraction of sp³-hybridized carbons (Fsp3) is 0.577. The Kier molecular flexibility index (Phi) is 5.93. The molecule has 3 heterocycles. The SMILES string of the molecule is O=C(c1ccc2ccccc2n1)N1CC[C@H]2[C@H](CCC(=O)N2CCC2CCCCC2)C1. The van der Waals surface area contributed by atoms with Gasteiger partial charge in [-0.3, -0.25) is 9.59 Å². The molecule has 0 spiro atoms. The fourth-order valence-corrected chi connectivity index (χ4v) is 5.97. The van der Waals surface area contributed by atoms with Crippen LogP contribution in [-0.2, 0) is 4.79 Å². The van der Waals surface area contributed by atoms with E-state index in [-0.39, 0.29) is 5.91 Å². The molecule has 0 bridgehead atoms. The first-order valence-corrected chi connectivity index (χ1v) is 12.1. The van der Waals surface area contributed by atoms with Crippen molar-refractivity contribution in [2.24, 2.45) is 11.8 Å². The highest BCUT2D eigenvalue weighted by Gasteiger charge is 2.40. The average Bonchev–Trinajstić information content (AvgIpc) is 2.83. The maximum absolute atomic E-state index is 13.2. The van der Waals surface area contributed by atoms with E-state index < -0.39 is 0 Å². The second-order valence-corrected chi connectivity index (χ2v) is 9.67. The zero-order valence-electron chi connectivity index (χ0n) is 18.3. The molecule has 2 amide bonds. The topological polar surface area (TPSA) is 53.5 Å². The van der Waals surface area contributed by atoms with Crippen molar-refractivity contribution in [2.45, 2.75) is 63.8 Å². The van der Waals surface area contributed by atoms with Crippen molar-refractivity contribution in [1.29, 1.82) is 0 Å². The van der Waals surface area contributed by atoms with Crippen LogP contribution in [0.3, 0.4) is 0 Å². The molecule has 1 aliphatic carbocycles. The van der Waals surface area contributed by atoms with Crippen molar-refractivity contribution in [3.05, 3.63) is 42.1 Å². The Labute approximate surface area is 184 Å². The van der Waals surface area contributed by atoms with Crippen LogP contribution in [0.15, 0.2) is 36.4 Å². The molecule has 5 rings (SSSR count).